The van der Waals surface area contributed by atoms with Crippen LogP contribution in [0.15, 0.2) is 18.3 Å². The predicted octanol–water partition coefficient (Wildman–Crippen LogP) is 0.474. The van der Waals surface area contributed by atoms with E-state index in [-0.39, 0.29) is 30.8 Å². The van der Waals surface area contributed by atoms with E-state index in [2.05, 4.69) is 20.5 Å². The summed E-state index contributed by atoms with van der Waals surface area (Å²) in [7, 11) is 0. The summed E-state index contributed by atoms with van der Waals surface area (Å²) in [4.78, 5) is 31.6. The van der Waals surface area contributed by atoms with Crippen LogP contribution < -0.4 is 15.5 Å². The van der Waals surface area contributed by atoms with Crippen LogP contribution in [0.4, 0.5) is 11.5 Å². The third-order valence-corrected chi connectivity index (χ3v) is 4.00. The Hall–Kier alpha value is -1.86. The van der Waals surface area contributed by atoms with E-state index in [1.807, 2.05) is 6.07 Å². The Morgan fingerprint density at radius 1 is 1.26 bits per heavy atom. The Morgan fingerprint density at radius 2 is 2.04 bits per heavy atom. The molecule has 0 radical (unpaired) electrons. The number of aromatic nitrogens is 1. The van der Waals surface area contributed by atoms with Crippen LogP contribution in [0.1, 0.15) is 12.8 Å². The lowest BCUT2D eigenvalue weighted by atomic mass is 10.3. The van der Waals surface area contributed by atoms with Gasteiger partial charge in [0.1, 0.15) is 5.82 Å². The third kappa shape index (κ3) is 4.56. The fourth-order valence-corrected chi connectivity index (χ4v) is 2.80. The summed E-state index contributed by atoms with van der Waals surface area (Å²) < 4.78 is 0. The highest BCUT2D eigenvalue weighted by Crippen LogP contribution is 2.16. The van der Waals surface area contributed by atoms with Crippen molar-refractivity contribution in [2.24, 2.45) is 0 Å². The molecule has 2 amide bonds. The fraction of sp³-hybridized carbons (Fsp3) is 0.533. The van der Waals surface area contributed by atoms with E-state index in [1.165, 1.54) is 0 Å². The fourth-order valence-electron chi connectivity index (χ4n) is 2.80. The van der Waals surface area contributed by atoms with Gasteiger partial charge in [-0.05, 0) is 18.6 Å². The lowest BCUT2D eigenvalue weighted by molar-refractivity contribution is -0.131. The molecule has 3 heterocycles. The van der Waals surface area contributed by atoms with Crippen molar-refractivity contribution in [2.75, 3.05) is 49.5 Å². The van der Waals surface area contributed by atoms with E-state index in [0.717, 1.165) is 38.3 Å². The molecule has 2 aliphatic heterocycles. The number of nitrogens with one attached hydrogen (secondary N) is 2. The lowest BCUT2D eigenvalue weighted by Gasteiger charge is -2.29. The molecule has 0 aromatic carbocycles. The van der Waals surface area contributed by atoms with Gasteiger partial charge in [-0.1, -0.05) is 0 Å². The topological polar surface area (TPSA) is 77.6 Å². The molecule has 2 N–H and O–H groups in total. The Bertz CT molecular complexity index is 545. The Labute approximate surface area is 141 Å². The summed E-state index contributed by atoms with van der Waals surface area (Å²) in [5.41, 5.74) is 1.06. The van der Waals surface area contributed by atoms with Crippen molar-refractivity contribution in [1.29, 1.82) is 0 Å². The van der Waals surface area contributed by atoms with Crippen molar-refractivity contribution in [2.45, 2.75) is 12.8 Å². The zero-order chi connectivity index (χ0) is 15.4. The third-order valence-electron chi connectivity index (χ3n) is 4.00. The number of anilines is 2. The van der Waals surface area contributed by atoms with Gasteiger partial charge in [-0.15, -0.1) is 12.4 Å². The SMILES string of the molecule is Cl.O=C(CN1CCCC1=O)Nc1ccc(N2CCNCC2)cn1. The normalized spacial score (nSPS) is 17.8. The first-order chi connectivity index (χ1) is 10.7. The van der Waals surface area contributed by atoms with Crippen LogP contribution in [0.3, 0.4) is 0 Å². The minimum atomic E-state index is -0.197. The maximum absolute atomic E-state index is 11.9. The van der Waals surface area contributed by atoms with E-state index in [0.29, 0.717) is 18.8 Å². The maximum atomic E-state index is 11.9. The summed E-state index contributed by atoms with van der Waals surface area (Å²) in [6.45, 7) is 4.65. The minimum absolute atomic E-state index is 0. The molecular weight excluding hydrogens is 318 g/mol. The predicted molar refractivity (Wildman–Crippen MR) is 91.0 cm³/mol. The molecule has 2 fully saturated rings. The molecular formula is C15H22ClN5O2. The minimum Gasteiger partial charge on any atom is -0.368 e. The molecule has 0 unspecified atom stereocenters. The van der Waals surface area contributed by atoms with E-state index >= 15 is 0 Å². The van der Waals surface area contributed by atoms with Crippen LogP contribution in [0.2, 0.25) is 0 Å². The van der Waals surface area contributed by atoms with Crippen LogP contribution in [0, 0.1) is 0 Å². The highest BCUT2D eigenvalue weighted by Gasteiger charge is 2.22. The first-order valence-electron chi connectivity index (χ1n) is 7.72. The highest BCUT2D eigenvalue weighted by molar-refractivity contribution is 5.94. The number of carbonyl (C=O) groups excluding carboxylic acids is 2. The second kappa shape index (κ2) is 8.12. The first-order valence-corrected chi connectivity index (χ1v) is 7.72. The van der Waals surface area contributed by atoms with Crippen LogP contribution in [-0.4, -0.2) is 61.0 Å². The summed E-state index contributed by atoms with van der Waals surface area (Å²) in [5, 5.41) is 6.05. The largest absolute Gasteiger partial charge is 0.368 e. The summed E-state index contributed by atoms with van der Waals surface area (Å²) >= 11 is 0. The molecule has 0 atom stereocenters. The molecule has 0 bridgehead atoms. The van der Waals surface area contributed by atoms with Gasteiger partial charge in [-0.2, -0.15) is 0 Å². The molecule has 1 aromatic rings. The quantitative estimate of drug-likeness (QED) is 0.834. The monoisotopic (exact) mass is 339 g/mol. The number of likely N-dealkylation sites (tertiary alicyclic amines) is 1. The smallest absolute Gasteiger partial charge is 0.245 e. The van der Waals surface area contributed by atoms with Crippen LogP contribution >= 0.6 is 12.4 Å². The van der Waals surface area contributed by atoms with Gasteiger partial charge in [-0.3, -0.25) is 9.59 Å². The van der Waals surface area contributed by atoms with E-state index in [4.69, 9.17) is 0 Å². The first kappa shape index (κ1) is 17.5. The molecule has 0 aliphatic carbocycles. The lowest BCUT2D eigenvalue weighted by Crippen LogP contribution is -2.43. The molecule has 1 aromatic heterocycles. The maximum Gasteiger partial charge on any atom is 0.245 e. The Morgan fingerprint density at radius 3 is 2.65 bits per heavy atom. The zero-order valence-corrected chi connectivity index (χ0v) is 13.8. The van der Waals surface area contributed by atoms with E-state index in [9.17, 15) is 9.59 Å². The number of carbonyl (C=O) groups is 2. The molecule has 3 rings (SSSR count). The van der Waals surface area contributed by atoms with Crippen LogP contribution in [0.5, 0.6) is 0 Å². The molecule has 7 nitrogen and oxygen atoms in total. The van der Waals surface area contributed by atoms with Crippen LogP contribution in [-0.2, 0) is 9.59 Å². The van der Waals surface area contributed by atoms with Crippen molar-refractivity contribution in [3.8, 4) is 0 Å². The summed E-state index contributed by atoms with van der Waals surface area (Å²) in [5.74, 6) is 0.380. The van der Waals surface area contributed by atoms with Crippen molar-refractivity contribution < 1.29 is 9.59 Å². The number of nitrogens with zero attached hydrogens (tertiary/aromatic N) is 3. The van der Waals surface area contributed by atoms with Crippen molar-refractivity contribution >= 4 is 35.7 Å². The average Bonchev–Trinajstić information content (AvgIpc) is 2.94. The van der Waals surface area contributed by atoms with Gasteiger partial charge in [0.15, 0.2) is 0 Å². The summed E-state index contributed by atoms with van der Waals surface area (Å²) in [6, 6.07) is 3.77. The Balaban J connectivity index is 0.00000192. The molecule has 2 aliphatic rings. The van der Waals surface area contributed by atoms with Gasteiger partial charge in [0, 0.05) is 39.1 Å². The molecule has 126 valence electrons. The van der Waals surface area contributed by atoms with Crippen molar-refractivity contribution in [1.82, 2.24) is 15.2 Å². The second-order valence-electron chi connectivity index (χ2n) is 5.61. The van der Waals surface area contributed by atoms with Crippen LogP contribution in [0.25, 0.3) is 0 Å². The number of halogens is 1. The van der Waals surface area contributed by atoms with Gasteiger partial charge >= 0.3 is 0 Å². The molecule has 23 heavy (non-hydrogen) atoms. The molecule has 8 heteroatoms. The van der Waals surface area contributed by atoms with E-state index < -0.39 is 0 Å². The van der Waals surface area contributed by atoms with Gasteiger partial charge in [0.2, 0.25) is 11.8 Å². The van der Waals surface area contributed by atoms with Gasteiger partial charge in [0.25, 0.3) is 0 Å². The highest BCUT2D eigenvalue weighted by atomic mass is 35.5. The number of hydrogen-bond acceptors (Lipinski definition) is 5. The number of pyridine rings is 1. The second-order valence-corrected chi connectivity index (χ2v) is 5.61. The van der Waals surface area contributed by atoms with E-state index in [1.54, 1.807) is 17.2 Å². The molecule has 2 saturated heterocycles. The van der Waals surface area contributed by atoms with Gasteiger partial charge in [-0.25, -0.2) is 4.98 Å². The number of hydrogen-bond donors (Lipinski definition) is 2. The zero-order valence-electron chi connectivity index (χ0n) is 13.0. The number of amides is 2. The van der Waals surface area contributed by atoms with Gasteiger partial charge < -0.3 is 20.4 Å². The van der Waals surface area contributed by atoms with Gasteiger partial charge in [0.05, 0.1) is 18.4 Å². The number of piperazine rings is 1. The number of rotatable bonds is 4. The molecule has 0 spiro atoms. The standard InChI is InChI=1S/C15H21N5O2.ClH/c21-14(11-20-7-1-2-15(20)22)18-13-4-3-12(10-17-13)19-8-5-16-6-9-19;/h3-4,10,16H,1-2,5-9,11H2,(H,17,18,21);1H. The van der Waals surface area contributed by atoms with Crippen molar-refractivity contribution in [3.05, 3.63) is 18.3 Å². The summed E-state index contributed by atoms with van der Waals surface area (Å²) in [6.07, 6.45) is 3.16. The van der Waals surface area contributed by atoms with Crippen molar-refractivity contribution in [3.63, 3.8) is 0 Å². The molecule has 0 saturated carbocycles. The Kier molecular flexibility index (Phi) is 6.18. The average molecular weight is 340 g/mol.